The maximum atomic E-state index is 5.91. The fourth-order valence-corrected chi connectivity index (χ4v) is 1.97. The zero-order valence-electron chi connectivity index (χ0n) is 10.2. The van der Waals surface area contributed by atoms with Crippen molar-refractivity contribution in [2.24, 2.45) is 10.7 Å². The van der Waals surface area contributed by atoms with Gasteiger partial charge in [-0.3, -0.25) is 4.99 Å². The fraction of sp³-hybridized carbons (Fsp3) is 0.417. The van der Waals surface area contributed by atoms with Crippen molar-refractivity contribution in [2.75, 3.05) is 26.8 Å². The predicted molar refractivity (Wildman–Crippen MR) is 76.5 cm³/mol. The summed E-state index contributed by atoms with van der Waals surface area (Å²) in [6.45, 7) is 1.80. The minimum atomic E-state index is 0.417. The Labute approximate surface area is 117 Å². The Balaban J connectivity index is 2.34. The molecule has 0 atom stereocenters. The van der Waals surface area contributed by atoms with Crippen molar-refractivity contribution in [3.05, 3.63) is 33.8 Å². The van der Waals surface area contributed by atoms with Crippen LogP contribution in [-0.4, -0.2) is 32.8 Å². The van der Waals surface area contributed by atoms with E-state index < -0.39 is 0 Å². The summed E-state index contributed by atoms with van der Waals surface area (Å²) < 4.78 is 4.87. The molecule has 1 aromatic rings. The van der Waals surface area contributed by atoms with Crippen molar-refractivity contribution < 1.29 is 4.74 Å². The molecule has 3 N–H and O–H groups in total. The van der Waals surface area contributed by atoms with E-state index in [9.17, 15) is 0 Å². The fourth-order valence-electron chi connectivity index (χ4n) is 1.40. The lowest BCUT2D eigenvalue weighted by Gasteiger charge is -2.06. The van der Waals surface area contributed by atoms with E-state index in [1.807, 2.05) is 12.1 Å². The SMILES string of the molecule is COCCN=C(N)NCCc1cc(Cl)cc(Cl)c1. The monoisotopic (exact) mass is 289 g/mol. The second-order valence-electron chi connectivity index (χ2n) is 3.71. The summed E-state index contributed by atoms with van der Waals surface area (Å²) in [5.41, 5.74) is 6.73. The summed E-state index contributed by atoms with van der Waals surface area (Å²) in [6.07, 6.45) is 0.779. The highest BCUT2D eigenvalue weighted by Gasteiger charge is 1.99. The number of nitrogens with one attached hydrogen (secondary N) is 1. The van der Waals surface area contributed by atoms with Crippen molar-refractivity contribution in [3.63, 3.8) is 0 Å². The minimum Gasteiger partial charge on any atom is -0.383 e. The van der Waals surface area contributed by atoms with Crippen molar-refractivity contribution in [1.82, 2.24) is 5.32 Å². The number of nitrogens with zero attached hydrogens (tertiary/aromatic N) is 1. The standard InChI is InChI=1S/C12H17Cl2N3O/c1-18-5-4-17-12(15)16-3-2-9-6-10(13)8-11(14)7-9/h6-8H,2-5H2,1H3,(H3,15,16,17). The van der Waals surface area contributed by atoms with Crippen LogP contribution in [0, 0.1) is 0 Å². The smallest absolute Gasteiger partial charge is 0.188 e. The van der Waals surface area contributed by atoms with Crippen LogP contribution < -0.4 is 11.1 Å². The van der Waals surface area contributed by atoms with Gasteiger partial charge in [-0.1, -0.05) is 23.2 Å². The molecule has 4 nitrogen and oxygen atoms in total. The Morgan fingerprint density at radius 1 is 1.33 bits per heavy atom. The van der Waals surface area contributed by atoms with Gasteiger partial charge in [-0.25, -0.2) is 0 Å². The number of methoxy groups -OCH3 is 1. The molecule has 0 saturated heterocycles. The average Bonchev–Trinajstić information content (AvgIpc) is 2.28. The molecule has 0 radical (unpaired) electrons. The first-order chi connectivity index (χ1) is 8.61. The summed E-state index contributed by atoms with van der Waals surface area (Å²) in [4.78, 5) is 4.09. The molecule has 0 spiro atoms. The van der Waals surface area contributed by atoms with E-state index in [-0.39, 0.29) is 0 Å². The topological polar surface area (TPSA) is 59.6 Å². The molecular weight excluding hydrogens is 273 g/mol. The average molecular weight is 290 g/mol. The Bertz CT molecular complexity index is 390. The summed E-state index contributed by atoms with van der Waals surface area (Å²) in [6, 6.07) is 5.47. The third kappa shape index (κ3) is 6.10. The first-order valence-corrected chi connectivity index (χ1v) is 6.35. The van der Waals surface area contributed by atoms with Gasteiger partial charge in [-0.2, -0.15) is 0 Å². The molecule has 0 aromatic heterocycles. The van der Waals surface area contributed by atoms with Crippen molar-refractivity contribution >= 4 is 29.2 Å². The molecule has 100 valence electrons. The van der Waals surface area contributed by atoms with Crippen molar-refractivity contribution in [1.29, 1.82) is 0 Å². The van der Waals surface area contributed by atoms with Crippen molar-refractivity contribution in [3.8, 4) is 0 Å². The first kappa shape index (κ1) is 15.1. The number of rotatable bonds is 6. The van der Waals surface area contributed by atoms with Crippen LogP contribution >= 0.6 is 23.2 Å². The zero-order chi connectivity index (χ0) is 13.4. The van der Waals surface area contributed by atoms with Gasteiger partial charge in [0.2, 0.25) is 0 Å². The molecule has 0 heterocycles. The number of guanidine groups is 1. The largest absolute Gasteiger partial charge is 0.383 e. The summed E-state index contributed by atoms with van der Waals surface area (Å²) in [5, 5.41) is 4.29. The van der Waals surface area contributed by atoms with Gasteiger partial charge in [0.25, 0.3) is 0 Å². The highest BCUT2D eigenvalue weighted by molar-refractivity contribution is 6.34. The molecule has 0 aliphatic rings. The highest BCUT2D eigenvalue weighted by Crippen LogP contribution is 2.19. The third-order valence-electron chi connectivity index (χ3n) is 2.22. The van der Waals surface area contributed by atoms with Gasteiger partial charge in [0.1, 0.15) is 0 Å². The molecular formula is C12H17Cl2N3O. The number of hydrogen-bond acceptors (Lipinski definition) is 2. The van der Waals surface area contributed by atoms with Crippen molar-refractivity contribution in [2.45, 2.75) is 6.42 Å². The molecule has 6 heteroatoms. The molecule has 0 aliphatic carbocycles. The summed E-state index contributed by atoms with van der Waals surface area (Å²) in [7, 11) is 1.63. The van der Waals surface area contributed by atoms with E-state index in [1.165, 1.54) is 0 Å². The molecule has 0 bridgehead atoms. The Hall–Kier alpha value is -0.970. The second kappa shape index (κ2) is 8.19. The van der Waals surface area contributed by atoms with E-state index in [4.69, 9.17) is 33.7 Å². The van der Waals surface area contributed by atoms with Gasteiger partial charge in [-0.05, 0) is 30.2 Å². The lowest BCUT2D eigenvalue weighted by atomic mass is 10.1. The van der Waals surface area contributed by atoms with E-state index in [0.29, 0.717) is 35.7 Å². The molecule has 0 unspecified atom stereocenters. The first-order valence-electron chi connectivity index (χ1n) is 5.59. The summed E-state index contributed by atoms with van der Waals surface area (Å²) in [5.74, 6) is 0.417. The Morgan fingerprint density at radius 2 is 2.00 bits per heavy atom. The van der Waals surface area contributed by atoms with E-state index in [0.717, 1.165) is 12.0 Å². The molecule has 0 aliphatic heterocycles. The van der Waals surface area contributed by atoms with Gasteiger partial charge in [0, 0.05) is 23.7 Å². The summed E-state index contributed by atoms with van der Waals surface area (Å²) >= 11 is 11.8. The van der Waals surface area contributed by atoms with Crippen LogP contribution in [0.5, 0.6) is 0 Å². The van der Waals surface area contributed by atoms with Crippen LogP contribution in [0.25, 0.3) is 0 Å². The minimum absolute atomic E-state index is 0.417. The number of hydrogen-bond donors (Lipinski definition) is 2. The number of ether oxygens (including phenoxy) is 1. The maximum Gasteiger partial charge on any atom is 0.188 e. The van der Waals surface area contributed by atoms with Crippen LogP contribution in [-0.2, 0) is 11.2 Å². The Morgan fingerprint density at radius 3 is 2.61 bits per heavy atom. The number of benzene rings is 1. The molecule has 18 heavy (non-hydrogen) atoms. The Kier molecular flexibility index (Phi) is 6.86. The van der Waals surface area contributed by atoms with Gasteiger partial charge in [0.15, 0.2) is 5.96 Å². The van der Waals surface area contributed by atoms with E-state index >= 15 is 0 Å². The van der Waals surface area contributed by atoms with Gasteiger partial charge < -0.3 is 15.8 Å². The van der Waals surface area contributed by atoms with Gasteiger partial charge in [0.05, 0.1) is 13.2 Å². The maximum absolute atomic E-state index is 5.91. The molecule has 0 saturated carbocycles. The third-order valence-corrected chi connectivity index (χ3v) is 2.66. The number of nitrogens with two attached hydrogens (primary N) is 1. The molecule has 0 amide bonds. The lowest BCUT2D eigenvalue weighted by molar-refractivity contribution is 0.208. The van der Waals surface area contributed by atoms with Crippen LogP contribution in [0.4, 0.5) is 0 Å². The van der Waals surface area contributed by atoms with Crippen LogP contribution in [0.15, 0.2) is 23.2 Å². The zero-order valence-corrected chi connectivity index (χ0v) is 11.8. The normalized spacial score (nSPS) is 11.6. The number of halogens is 2. The van der Waals surface area contributed by atoms with E-state index in [2.05, 4.69) is 10.3 Å². The lowest BCUT2D eigenvalue weighted by Crippen LogP contribution is -2.33. The van der Waals surface area contributed by atoms with Crippen LogP contribution in [0.1, 0.15) is 5.56 Å². The quantitative estimate of drug-likeness (QED) is 0.479. The highest BCUT2D eigenvalue weighted by atomic mass is 35.5. The van der Waals surface area contributed by atoms with Crippen LogP contribution in [0.3, 0.4) is 0 Å². The second-order valence-corrected chi connectivity index (χ2v) is 4.59. The molecule has 0 fully saturated rings. The molecule has 1 rings (SSSR count). The number of aliphatic imine (C=N–C) groups is 1. The van der Waals surface area contributed by atoms with Gasteiger partial charge in [-0.15, -0.1) is 0 Å². The van der Waals surface area contributed by atoms with E-state index in [1.54, 1.807) is 13.2 Å². The van der Waals surface area contributed by atoms with Gasteiger partial charge >= 0.3 is 0 Å². The predicted octanol–water partition coefficient (Wildman–Crippen LogP) is 2.09. The van der Waals surface area contributed by atoms with Crippen LogP contribution in [0.2, 0.25) is 10.0 Å². The molecule has 1 aromatic carbocycles.